The summed E-state index contributed by atoms with van der Waals surface area (Å²) in [6.07, 6.45) is 1.84. The standard InChI is InChI=1S/C25H20ClNO3S2/c1-29-21-12-8-17(9-13-21)15-27-24(28)23(32-25(27)31)14-19-4-2-3-5-22(19)30-16-18-6-10-20(26)11-7-18/h2-14H,15-16H2,1H3/b23-14-. The fourth-order valence-corrected chi connectivity index (χ4v) is 4.54. The number of ether oxygens (including phenoxy) is 2. The molecule has 32 heavy (non-hydrogen) atoms. The number of methoxy groups -OCH3 is 1. The summed E-state index contributed by atoms with van der Waals surface area (Å²) in [6, 6.07) is 22.8. The minimum absolute atomic E-state index is 0.108. The van der Waals surface area contributed by atoms with Crippen LogP contribution in [0.5, 0.6) is 11.5 Å². The Labute approximate surface area is 201 Å². The Hall–Kier alpha value is -2.80. The molecule has 1 aliphatic heterocycles. The number of hydrogen-bond donors (Lipinski definition) is 0. The Balaban J connectivity index is 1.49. The molecule has 1 heterocycles. The maximum atomic E-state index is 13.0. The van der Waals surface area contributed by atoms with Crippen molar-refractivity contribution in [1.29, 1.82) is 0 Å². The second-order valence-electron chi connectivity index (χ2n) is 7.07. The third-order valence-electron chi connectivity index (χ3n) is 4.89. The molecule has 162 valence electrons. The number of amides is 1. The van der Waals surface area contributed by atoms with Crippen LogP contribution in [0.2, 0.25) is 5.02 Å². The topological polar surface area (TPSA) is 38.8 Å². The van der Waals surface area contributed by atoms with Gasteiger partial charge in [0.1, 0.15) is 22.4 Å². The molecule has 4 rings (SSSR count). The number of thioether (sulfide) groups is 1. The molecule has 0 N–H and O–H groups in total. The number of para-hydroxylation sites is 1. The maximum absolute atomic E-state index is 13.0. The number of halogens is 1. The monoisotopic (exact) mass is 481 g/mol. The second kappa shape index (κ2) is 10.2. The fraction of sp³-hybridized carbons (Fsp3) is 0.120. The second-order valence-corrected chi connectivity index (χ2v) is 9.18. The molecule has 1 aliphatic rings. The van der Waals surface area contributed by atoms with E-state index in [0.29, 0.717) is 33.1 Å². The summed E-state index contributed by atoms with van der Waals surface area (Å²) in [5.74, 6) is 1.36. The van der Waals surface area contributed by atoms with Crippen molar-refractivity contribution < 1.29 is 14.3 Å². The molecule has 4 nitrogen and oxygen atoms in total. The van der Waals surface area contributed by atoms with Gasteiger partial charge in [-0.3, -0.25) is 9.69 Å². The third-order valence-corrected chi connectivity index (χ3v) is 6.52. The van der Waals surface area contributed by atoms with Crippen molar-refractivity contribution in [2.45, 2.75) is 13.2 Å². The van der Waals surface area contributed by atoms with E-state index in [4.69, 9.17) is 33.3 Å². The first-order valence-corrected chi connectivity index (χ1v) is 11.5. The van der Waals surface area contributed by atoms with E-state index >= 15 is 0 Å². The van der Waals surface area contributed by atoms with Crippen LogP contribution in [0.1, 0.15) is 16.7 Å². The zero-order valence-electron chi connectivity index (χ0n) is 17.3. The smallest absolute Gasteiger partial charge is 0.266 e. The van der Waals surface area contributed by atoms with Crippen LogP contribution in [-0.2, 0) is 17.9 Å². The molecular formula is C25H20ClNO3S2. The number of thiocarbonyl (C=S) groups is 1. The first-order chi connectivity index (χ1) is 15.5. The number of nitrogens with zero attached hydrogens (tertiary/aromatic N) is 1. The van der Waals surface area contributed by atoms with E-state index in [2.05, 4.69) is 0 Å². The molecule has 0 spiro atoms. The summed E-state index contributed by atoms with van der Waals surface area (Å²) in [5.41, 5.74) is 2.82. The van der Waals surface area contributed by atoms with E-state index in [1.807, 2.05) is 78.9 Å². The molecule has 1 amide bonds. The van der Waals surface area contributed by atoms with Gasteiger partial charge in [0.25, 0.3) is 5.91 Å². The third kappa shape index (κ3) is 5.33. The number of carbonyl (C=O) groups is 1. The normalized spacial score (nSPS) is 14.8. The van der Waals surface area contributed by atoms with E-state index in [9.17, 15) is 4.79 Å². The van der Waals surface area contributed by atoms with Crippen LogP contribution in [0.15, 0.2) is 77.7 Å². The molecule has 0 saturated carbocycles. The molecule has 3 aromatic rings. The Bertz CT molecular complexity index is 1160. The molecule has 0 aliphatic carbocycles. The van der Waals surface area contributed by atoms with E-state index in [0.717, 1.165) is 22.4 Å². The molecule has 1 saturated heterocycles. The molecule has 0 aromatic heterocycles. The van der Waals surface area contributed by atoms with Gasteiger partial charge < -0.3 is 9.47 Å². The largest absolute Gasteiger partial charge is 0.497 e. The number of benzene rings is 3. The SMILES string of the molecule is COc1ccc(CN2C(=O)/C(=C/c3ccccc3OCc3ccc(Cl)cc3)SC2=S)cc1. The van der Waals surface area contributed by atoms with Crippen LogP contribution in [-0.4, -0.2) is 22.2 Å². The van der Waals surface area contributed by atoms with Crippen molar-refractivity contribution in [2.24, 2.45) is 0 Å². The molecule has 1 fully saturated rings. The number of rotatable bonds is 7. The van der Waals surface area contributed by atoms with Crippen LogP contribution >= 0.6 is 35.6 Å². The Morgan fingerprint density at radius 1 is 1.00 bits per heavy atom. The average molecular weight is 482 g/mol. The highest BCUT2D eigenvalue weighted by Crippen LogP contribution is 2.35. The zero-order chi connectivity index (χ0) is 22.5. The van der Waals surface area contributed by atoms with Gasteiger partial charge in [-0.05, 0) is 47.5 Å². The zero-order valence-corrected chi connectivity index (χ0v) is 19.7. The Morgan fingerprint density at radius 2 is 1.69 bits per heavy atom. The summed E-state index contributed by atoms with van der Waals surface area (Å²) < 4.78 is 11.7. The quantitative estimate of drug-likeness (QED) is 0.291. The van der Waals surface area contributed by atoms with Crippen LogP contribution in [0.3, 0.4) is 0 Å². The molecule has 0 bridgehead atoms. The van der Waals surface area contributed by atoms with E-state index < -0.39 is 0 Å². The van der Waals surface area contributed by atoms with Gasteiger partial charge in [0.05, 0.1) is 18.6 Å². The van der Waals surface area contributed by atoms with E-state index in [1.165, 1.54) is 11.8 Å². The predicted octanol–water partition coefficient (Wildman–Crippen LogP) is 6.33. The lowest BCUT2D eigenvalue weighted by molar-refractivity contribution is -0.122. The molecule has 0 radical (unpaired) electrons. The lowest BCUT2D eigenvalue weighted by Gasteiger charge is -2.14. The lowest BCUT2D eigenvalue weighted by Crippen LogP contribution is -2.27. The summed E-state index contributed by atoms with van der Waals surface area (Å²) in [6.45, 7) is 0.821. The van der Waals surface area contributed by atoms with Crippen molar-refractivity contribution in [3.8, 4) is 11.5 Å². The van der Waals surface area contributed by atoms with Gasteiger partial charge in [-0.15, -0.1) is 0 Å². The predicted molar refractivity (Wildman–Crippen MR) is 134 cm³/mol. The summed E-state index contributed by atoms with van der Waals surface area (Å²) in [5, 5.41) is 0.686. The first kappa shape index (κ1) is 22.4. The first-order valence-electron chi connectivity index (χ1n) is 9.88. The van der Waals surface area contributed by atoms with Gasteiger partial charge in [0.2, 0.25) is 0 Å². The van der Waals surface area contributed by atoms with E-state index in [1.54, 1.807) is 12.0 Å². The summed E-state index contributed by atoms with van der Waals surface area (Å²) in [7, 11) is 1.62. The molecule has 7 heteroatoms. The minimum Gasteiger partial charge on any atom is -0.497 e. The van der Waals surface area contributed by atoms with Gasteiger partial charge in [-0.25, -0.2) is 0 Å². The van der Waals surface area contributed by atoms with Crippen molar-refractivity contribution >= 4 is 51.9 Å². The summed E-state index contributed by atoms with van der Waals surface area (Å²) >= 11 is 12.7. The van der Waals surface area contributed by atoms with Crippen molar-refractivity contribution in [1.82, 2.24) is 4.90 Å². The minimum atomic E-state index is -0.108. The number of carbonyl (C=O) groups excluding carboxylic acids is 1. The highest BCUT2D eigenvalue weighted by atomic mass is 35.5. The van der Waals surface area contributed by atoms with Crippen LogP contribution < -0.4 is 9.47 Å². The van der Waals surface area contributed by atoms with Crippen molar-refractivity contribution in [3.63, 3.8) is 0 Å². The number of hydrogen-bond acceptors (Lipinski definition) is 5. The highest BCUT2D eigenvalue weighted by Gasteiger charge is 2.32. The van der Waals surface area contributed by atoms with Crippen molar-refractivity contribution in [2.75, 3.05) is 7.11 Å². The average Bonchev–Trinajstić information content (AvgIpc) is 3.07. The summed E-state index contributed by atoms with van der Waals surface area (Å²) in [4.78, 5) is 15.2. The molecular weight excluding hydrogens is 462 g/mol. The van der Waals surface area contributed by atoms with Gasteiger partial charge >= 0.3 is 0 Å². The van der Waals surface area contributed by atoms with Crippen LogP contribution in [0.25, 0.3) is 6.08 Å². The van der Waals surface area contributed by atoms with Gasteiger partial charge in [-0.2, -0.15) is 0 Å². The lowest BCUT2D eigenvalue weighted by atomic mass is 10.1. The van der Waals surface area contributed by atoms with Crippen LogP contribution in [0.4, 0.5) is 0 Å². The molecule has 0 unspecified atom stereocenters. The van der Waals surface area contributed by atoms with Gasteiger partial charge in [0.15, 0.2) is 0 Å². The van der Waals surface area contributed by atoms with Gasteiger partial charge in [0, 0.05) is 10.6 Å². The maximum Gasteiger partial charge on any atom is 0.266 e. The molecule has 3 aromatic carbocycles. The highest BCUT2D eigenvalue weighted by molar-refractivity contribution is 8.26. The molecule has 0 atom stereocenters. The fourth-order valence-electron chi connectivity index (χ4n) is 3.16. The Morgan fingerprint density at radius 3 is 2.41 bits per heavy atom. The van der Waals surface area contributed by atoms with E-state index in [-0.39, 0.29) is 5.91 Å². The van der Waals surface area contributed by atoms with Gasteiger partial charge in [-0.1, -0.05) is 78.0 Å². The van der Waals surface area contributed by atoms with Crippen molar-refractivity contribution in [3.05, 3.63) is 99.4 Å². The van der Waals surface area contributed by atoms with Crippen LogP contribution in [0, 0.1) is 0 Å². The Kier molecular flexibility index (Phi) is 7.15.